The topological polar surface area (TPSA) is 67.5 Å². The van der Waals surface area contributed by atoms with E-state index in [-0.39, 0.29) is 48.1 Å². The summed E-state index contributed by atoms with van der Waals surface area (Å²) >= 11 is 0. The monoisotopic (exact) mass is 310 g/mol. The number of hydrogen-bond donors (Lipinski definition) is 1. The summed E-state index contributed by atoms with van der Waals surface area (Å²) in [6.07, 6.45) is 2.10. The maximum atomic E-state index is 12.3. The molecule has 2 aromatic rings. The number of Topliss-reactive ketones (excluding diaryl/α,β-unsaturated/α-hetero) is 2. The van der Waals surface area contributed by atoms with Gasteiger partial charge in [-0.3, -0.25) is 9.59 Å². The fourth-order valence-corrected chi connectivity index (χ4v) is 3.03. The predicted molar refractivity (Wildman–Crippen MR) is 85.2 cm³/mol. The van der Waals surface area contributed by atoms with E-state index in [1.165, 1.54) is 6.26 Å². The van der Waals surface area contributed by atoms with Crippen molar-refractivity contribution >= 4 is 11.6 Å². The van der Waals surface area contributed by atoms with Crippen molar-refractivity contribution in [2.24, 2.45) is 0 Å². The second-order valence-corrected chi connectivity index (χ2v) is 5.95. The summed E-state index contributed by atoms with van der Waals surface area (Å²) in [6, 6.07) is 11.2. The first-order valence-electron chi connectivity index (χ1n) is 7.62. The molecule has 1 heterocycles. The number of aliphatic hydroxyl groups is 1. The normalized spacial score (nSPS) is 18.3. The Balaban J connectivity index is 1.82. The zero-order valence-corrected chi connectivity index (χ0v) is 12.9. The standard InChI is InChI=1S/C19H18O4/c1-12-4-2-5-13(8-12)9-15(20)19-16(21)10-14(11-17(19)22)18-6-3-7-23-18/h2-8,14,20H,9-11H2,1H3. The Morgan fingerprint density at radius 3 is 2.52 bits per heavy atom. The van der Waals surface area contributed by atoms with Gasteiger partial charge in [-0.05, 0) is 24.6 Å². The molecule has 0 amide bonds. The second-order valence-electron chi connectivity index (χ2n) is 5.95. The molecular weight excluding hydrogens is 292 g/mol. The predicted octanol–water partition coefficient (Wildman–Crippen LogP) is 3.66. The quantitative estimate of drug-likeness (QED) is 0.534. The van der Waals surface area contributed by atoms with Crippen molar-refractivity contribution in [1.82, 2.24) is 0 Å². The number of carbonyl (C=O) groups is 2. The van der Waals surface area contributed by atoms with Crippen LogP contribution in [0.2, 0.25) is 0 Å². The Hall–Kier alpha value is -2.62. The Kier molecular flexibility index (Phi) is 4.15. The minimum Gasteiger partial charge on any atom is -0.511 e. The van der Waals surface area contributed by atoms with Gasteiger partial charge in [-0.15, -0.1) is 0 Å². The third-order valence-corrected chi connectivity index (χ3v) is 4.11. The molecule has 1 aromatic carbocycles. The van der Waals surface area contributed by atoms with E-state index in [1.54, 1.807) is 12.1 Å². The van der Waals surface area contributed by atoms with Gasteiger partial charge in [0.1, 0.15) is 11.5 Å². The molecule has 3 rings (SSSR count). The van der Waals surface area contributed by atoms with Crippen molar-refractivity contribution in [3.8, 4) is 0 Å². The van der Waals surface area contributed by atoms with E-state index in [0.717, 1.165) is 11.1 Å². The molecule has 1 saturated carbocycles. The minimum atomic E-state index is -0.312. The molecule has 23 heavy (non-hydrogen) atoms. The van der Waals surface area contributed by atoms with Crippen molar-refractivity contribution in [1.29, 1.82) is 0 Å². The smallest absolute Gasteiger partial charge is 0.170 e. The van der Waals surface area contributed by atoms with Crippen LogP contribution in [0.25, 0.3) is 0 Å². The lowest BCUT2D eigenvalue weighted by atomic mass is 9.81. The van der Waals surface area contributed by atoms with Crippen LogP contribution in [0.1, 0.15) is 35.6 Å². The van der Waals surface area contributed by atoms with Gasteiger partial charge in [-0.25, -0.2) is 0 Å². The molecule has 0 radical (unpaired) electrons. The molecule has 0 bridgehead atoms. The molecule has 0 aliphatic heterocycles. The summed E-state index contributed by atoms with van der Waals surface area (Å²) in [6.45, 7) is 1.96. The van der Waals surface area contributed by atoms with E-state index >= 15 is 0 Å². The van der Waals surface area contributed by atoms with Crippen LogP contribution in [0.4, 0.5) is 0 Å². The maximum absolute atomic E-state index is 12.3. The second kappa shape index (κ2) is 6.24. The molecule has 1 aliphatic carbocycles. The highest BCUT2D eigenvalue weighted by molar-refractivity contribution is 6.22. The van der Waals surface area contributed by atoms with Crippen molar-refractivity contribution in [3.63, 3.8) is 0 Å². The zero-order chi connectivity index (χ0) is 16.4. The van der Waals surface area contributed by atoms with Crippen LogP contribution in [0, 0.1) is 6.92 Å². The Morgan fingerprint density at radius 2 is 1.91 bits per heavy atom. The summed E-state index contributed by atoms with van der Waals surface area (Å²) in [5, 5.41) is 10.3. The van der Waals surface area contributed by atoms with E-state index < -0.39 is 0 Å². The number of ketones is 2. The molecule has 1 aromatic heterocycles. The summed E-state index contributed by atoms with van der Waals surface area (Å²) in [5.74, 6) is -0.353. The molecular formula is C19H18O4. The molecule has 1 aliphatic rings. The number of allylic oxidation sites excluding steroid dienone is 2. The lowest BCUT2D eigenvalue weighted by Gasteiger charge is -2.21. The highest BCUT2D eigenvalue weighted by Gasteiger charge is 2.34. The van der Waals surface area contributed by atoms with Crippen LogP contribution in [0.15, 0.2) is 58.4 Å². The summed E-state index contributed by atoms with van der Waals surface area (Å²) in [4.78, 5) is 24.7. The van der Waals surface area contributed by atoms with Gasteiger partial charge >= 0.3 is 0 Å². The molecule has 4 nitrogen and oxygen atoms in total. The van der Waals surface area contributed by atoms with E-state index in [4.69, 9.17) is 4.42 Å². The molecule has 4 heteroatoms. The zero-order valence-electron chi connectivity index (χ0n) is 12.9. The summed E-state index contributed by atoms with van der Waals surface area (Å²) in [7, 11) is 0. The van der Waals surface area contributed by atoms with Gasteiger partial charge in [0.05, 0.1) is 11.8 Å². The molecule has 118 valence electrons. The van der Waals surface area contributed by atoms with E-state index in [1.807, 2.05) is 31.2 Å². The Bertz CT molecular complexity index is 748. The van der Waals surface area contributed by atoms with Gasteiger partial charge in [0.25, 0.3) is 0 Å². The van der Waals surface area contributed by atoms with Gasteiger partial charge in [0.15, 0.2) is 11.6 Å². The minimum absolute atomic E-state index is 0.0469. The van der Waals surface area contributed by atoms with Crippen LogP contribution in [-0.4, -0.2) is 16.7 Å². The molecule has 0 unspecified atom stereocenters. The number of aliphatic hydroxyl groups excluding tert-OH is 1. The Labute approximate surface area is 134 Å². The summed E-state index contributed by atoms with van der Waals surface area (Å²) in [5.41, 5.74) is 1.90. The van der Waals surface area contributed by atoms with Crippen molar-refractivity contribution < 1.29 is 19.1 Å². The van der Waals surface area contributed by atoms with E-state index in [2.05, 4.69) is 0 Å². The third kappa shape index (κ3) is 3.26. The number of carbonyl (C=O) groups excluding carboxylic acids is 2. The fraction of sp³-hybridized carbons (Fsp3) is 0.263. The van der Waals surface area contributed by atoms with Gasteiger partial charge in [0.2, 0.25) is 0 Å². The van der Waals surface area contributed by atoms with Crippen LogP contribution < -0.4 is 0 Å². The number of hydrogen-bond acceptors (Lipinski definition) is 4. The van der Waals surface area contributed by atoms with E-state index in [9.17, 15) is 14.7 Å². The van der Waals surface area contributed by atoms with Crippen LogP contribution >= 0.6 is 0 Å². The molecule has 0 atom stereocenters. The van der Waals surface area contributed by atoms with Crippen LogP contribution in [-0.2, 0) is 16.0 Å². The fourth-order valence-electron chi connectivity index (χ4n) is 3.03. The molecule has 0 spiro atoms. The van der Waals surface area contributed by atoms with Crippen molar-refractivity contribution in [2.45, 2.75) is 32.1 Å². The molecule has 0 saturated heterocycles. The van der Waals surface area contributed by atoms with Gasteiger partial charge < -0.3 is 9.52 Å². The number of furan rings is 1. The number of benzene rings is 1. The molecule has 1 N–H and O–H groups in total. The van der Waals surface area contributed by atoms with Crippen LogP contribution in [0.5, 0.6) is 0 Å². The first-order valence-corrected chi connectivity index (χ1v) is 7.62. The highest BCUT2D eigenvalue weighted by atomic mass is 16.3. The van der Waals surface area contributed by atoms with Crippen molar-refractivity contribution in [3.05, 3.63) is 70.9 Å². The molecule has 1 fully saturated rings. The lowest BCUT2D eigenvalue weighted by molar-refractivity contribution is -0.124. The third-order valence-electron chi connectivity index (χ3n) is 4.11. The largest absolute Gasteiger partial charge is 0.511 e. The van der Waals surface area contributed by atoms with Gasteiger partial charge in [0, 0.05) is 25.2 Å². The van der Waals surface area contributed by atoms with Gasteiger partial charge in [-0.1, -0.05) is 29.8 Å². The number of aryl methyl sites for hydroxylation is 1. The van der Waals surface area contributed by atoms with Gasteiger partial charge in [-0.2, -0.15) is 0 Å². The van der Waals surface area contributed by atoms with Crippen LogP contribution in [0.3, 0.4) is 0 Å². The maximum Gasteiger partial charge on any atom is 0.170 e. The average molecular weight is 310 g/mol. The Morgan fingerprint density at radius 1 is 1.17 bits per heavy atom. The average Bonchev–Trinajstić information content (AvgIpc) is 3.00. The first kappa shape index (κ1) is 15.3. The van der Waals surface area contributed by atoms with E-state index in [0.29, 0.717) is 5.76 Å². The number of rotatable bonds is 3. The first-order chi connectivity index (χ1) is 11.0. The lowest BCUT2D eigenvalue weighted by Crippen LogP contribution is -2.26. The van der Waals surface area contributed by atoms with Crippen molar-refractivity contribution in [2.75, 3.05) is 0 Å². The highest BCUT2D eigenvalue weighted by Crippen LogP contribution is 2.33. The SMILES string of the molecule is Cc1cccc(CC(O)=C2C(=O)CC(c3ccco3)CC2=O)c1. The summed E-state index contributed by atoms with van der Waals surface area (Å²) < 4.78 is 5.29.